The molecule has 0 aliphatic rings. The first kappa shape index (κ1) is 10.2. The summed E-state index contributed by atoms with van der Waals surface area (Å²) in [6.07, 6.45) is 0.551. The van der Waals surface area contributed by atoms with Crippen molar-refractivity contribution in [3.05, 3.63) is 27.7 Å². The maximum absolute atomic E-state index is 8.69. The predicted molar refractivity (Wildman–Crippen MR) is 54.5 cm³/mol. The number of hydrogen-bond acceptors (Lipinski definition) is 2. The average molecular weight is 223 g/mol. The lowest BCUT2D eigenvalue weighted by Crippen LogP contribution is -1.92. The average Bonchev–Trinajstić information content (AvgIpc) is 2.07. The van der Waals surface area contributed by atoms with Crippen LogP contribution in [0.3, 0.4) is 0 Å². The molecule has 1 aromatic carbocycles. The van der Waals surface area contributed by atoms with E-state index in [2.05, 4.69) is 12.6 Å². The molecule has 0 radical (unpaired) electrons. The van der Waals surface area contributed by atoms with Crippen LogP contribution in [0.25, 0.3) is 0 Å². The van der Waals surface area contributed by atoms with Crippen LogP contribution < -0.4 is 0 Å². The van der Waals surface area contributed by atoms with E-state index in [9.17, 15) is 0 Å². The van der Waals surface area contributed by atoms with E-state index in [0.29, 0.717) is 21.4 Å². The lowest BCUT2D eigenvalue weighted by molar-refractivity contribution is 0.299. The minimum Gasteiger partial charge on any atom is -0.396 e. The molecule has 1 nitrogen and oxygen atoms in total. The summed E-state index contributed by atoms with van der Waals surface area (Å²) >= 11 is 15.8. The van der Waals surface area contributed by atoms with Gasteiger partial charge < -0.3 is 5.11 Å². The van der Waals surface area contributed by atoms with Crippen molar-refractivity contribution in [2.75, 3.05) is 6.61 Å². The van der Waals surface area contributed by atoms with E-state index in [-0.39, 0.29) is 6.61 Å². The van der Waals surface area contributed by atoms with Crippen molar-refractivity contribution in [2.24, 2.45) is 0 Å². The first-order valence-electron chi connectivity index (χ1n) is 3.43. The number of benzene rings is 1. The van der Waals surface area contributed by atoms with Crippen LogP contribution in [-0.4, -0.2) is 11.7 Å². The molecular formula is C8H8Cl2OS. The number of hydrogen-bond donors (Lipinski definition) is 2. The molecule has 0 saturated carbocycles. The first-order valence-corrected chi connectivity index (χ1v) is 4.64. The summed E-state index contributed by atoms with van der Waals surface area (Å²) in [6, 6.07) is 3.52. The summed E-state index contributed by atoms with van der Waals surface area (Å²) in [5, 5.41) is 9.63. The zero-order valence-corrected chi connectivity index (χ0v) is 8.63. The Morgan fingerprint density at radius 1 is 1.33 bits per heavy atom. The van der Waals surface area contributed by atoms with Gasteiger partial charge in [-0.25, -0.2) is 0 Å². The van der Waals surface area contributed by atoms with Gasteiger partial charge in [-0.2, -0.15) is 0 Å². The number of aliphatic hydroxyl groups excluding tert-OH is 1. The summed E-state index contributed by atoms with van der Waals surface area (Å²) in [4.78, 5) is 0.651. The minimum atomic E-state index is 0.0888. The van der Waals surface area contributed by atoms with E-state index in [0.717, 1.165) is 5.56 Å². The second-order valence-corrected chi connectivity index (χ2v) is 3.58. The summed E-state index contributed by atoms with van der Waals surface area (Å²) in [5.41, 5.74) is 0.912. The topological polar surface area (TPSA) is 20.2 Å². The highest BCUT2D eigenvalue weighted by atomic mass is 35.5. The molecule has 0 heterocycles. The van der Waals surface area contributed by atoms with Crippen LogP contribution in [-0.2, 0) is 6.42 Å². The minimum absolute atomic E-state index is 0.0888. The Balaban J connectivity index is 3.08. The molecular weight excluding hydrogens is 215 g/mol. The Bertz CT molecular complexity index is 289. The zero-order valence-electron chi connectivity index (χ0n) is 6.22. The fourth-order valence-corrected chi connectivity index (χ4v) is 1.62. The second-order valence-electron chi connectivity index (χ2n) is 2.34. The lowest BCUT2D eigenvalue weighted by atomic mass is 10.1. The van der Waals surface area contributed by atoms with Crippen LogP contribution in [0.4, 0.5) is 0 Å². The third-order valence-electron chi connectivity index (χ3n) is 1.53. The molecule has 4 heteroatoms. The van der Waals surface area contributed by atoms with Gasteiger partial charge in [0.25, 0.3) is 0 Å². The fraction of sp³-hybridized carbons (Fsp3) is 0.250. The number of aliphatic hydroxyl groups is 1. The van der Waals surface area contributed by atoms with Crippen molar-refractivity contribution in [3.63, 3.8) is 0 Å². The quantitative estimate of drug-likeness (QED) is 0.738. The highest BCUT2D eigenvalue weighted by Crippen LogP contribution is 2.31. The molecule has 1 aromatic rings. The van der Waals surface area contributed by atoms with E-state index < -0.39 is 0 Å². The van der Waals surface area contributed by atoms with Gasteiger partial charge in [0.2, 0.25) is 0 Å². The molecule has 0 bridgehead atoms. The van der Waals surface area contributed by atoms with Gasteiger partial charge in [0, 0.05) is 11.5 Å². The van der Waals surface area contributed by atoms with Gasteiger partial charge in [-0.05, 0) is 18.1 Å². The van der Waals surface area contributed by atoms with Crippen LogP contribution >= 0.6 is 35.8 Å². The van der Waals surface area contributed by atoms with Gasteiger partial charge in [-0.1, -0.05) is 29.3 Å². The smallest absolute Gasteiger partial charge is 0.0728 e. The van der Waals surface area contributed by atoms with Gasteiger partial charge in [-0.3, -0.25) is 0 Å². The maximum atomic E-state index is 8.69. The summed E-state index contributed by atoms with van der Waals surface area (Å²) in [7, 11) is 0. The van der Waals surface area contributed by atoms with Crippen molar-refractivity contribution >= 4 is 35.8 Å². The fourth-order valence-electron chi connectivity index (χ4n) is 0.902. The molecule has 66 valence electrons. The van der Waals surface area contributed by atoms with Gasteiger partial charge in [-0.15, -0.1) is 12.6 Å². The molecule has 0 aliphatic carbocycles. The highest BCUT2D eigenvalue weighted by Gasteiger charge is 2.06. The third kappa shape index (κ3) is 2.07. The van der Waals surface area contributed by atoms with Crippen LogP contribution in [0.5, 0.6) is 0 Å². The monoisotopic (exact) mass is 222 g/mol. The molecule has 0 atom stereocenters. The van der Waals surface area contributed by atoms with Gasteiger partial charge in [0.15, 0.2) is 0 Å². The van der Waals surface area contributed by atoms with Crippen LogP contribution in [0.2, 0.25) is 10.0 Å². The van der Waals surface area contributed by atoms with E-state index in [1.165, 1.54) is 0 Å². The SMILES string of the molecule is OCCc1ccc(Cl)c(Cl)c1S. The summed E-state index contributed by atoms with van der Waals surface area (Å²) in [5.74, 6) is 0. The van der Waals surface area contributed by atoms with Crippen molar-refractivity contribution in [2.45, 2.75) is 11.3 Å². The number of halogens is 2. The van der Waals surface area contributed by atoms with E-state index >= 15 is 0 Å². The first-order chi connectivity index (χ1) is 5.66. The molecule has 1 N–H and O–H groups in total. The van der Waals surface area contributed by atoms with Gasteiger partial charge >= 0.3 is 0 Å². The lowest BCUT2D eigenvalue weighted by Gasteiger charge is -2.05. The van der Waals surface area contributed by atoms with Crippen LogP contribution in [0.1, 0.15) is 5.56 Å². The molecule has 0 fully saturated rings. The Hall–Kier alpha value is 0.110. The van der Waals surface area contributed by atoms with Crippen LogP contribution in [0, 0.1) is 0 Å². The van der Waals surface area contributed by atoms with Crippen molar-refractivity contribution in [1.82, 2.24) is 0 Å². The maximum Gasteiger partial charge on any atom is 0.0728 e. The Morgan fingerprint density at radius 3 is 2.58 bits per heavy atom. The number of thiol groups is 1. The highest BCUT2D eigenvalue weighted by molar-refractivity contribution is 7.80. The summed E-state index contributed by atoms with van der Waals surface area (Å²) in [6.45, 7) is 0.0888. The number of rotatable bonds is 2. The molecule has 0 aromatic heterocycles. The van der Waals surface area contributed by atoms with E-state index in [1.54, 1.807) is 6.07 Å². The predicted octanol–water partition coefficient (Wildman–Crippen LogP) is 2.82. The normalized spacial score (nSPS) is 10.3. The van der Waals surface area contributed by atoms with Gasteiger partial charge in [0.1, 0.15) is 0 Å². The summed E-state index contributed by atoms with van der Waals surface area (Å²) < 4.78 is 0. The second kappa shape index (κ2) is 4.38. The van der Waals surface area contributed by atoms with Crippen LogP contribution in [0.15, 0.2) is 17.0 Å². The zero-order chi connectivity index (χ0) is 9.14. The van der Waals surface area contributed by atoms with E-state index in [4.69, 9.17) is 28.3 Å². The van der Waals surface area contributed by atoms with Gasteiger partial charge in [0.05, 0.1) is 10.0 Å². The largest absolute Gasteiger partial charge is 0.396 e. The third-order valence-corrected chi connectivity index (χ3v) is 2.98. The standard InChI is InChI=1S/C8H8Cl2OS/c9-6-2-1-5(3-4-11)8(12)7(6)10/h1-2,11-12H,3-4H2. The molecule has 12 heavy (non-hydrogen) atoms. The molecule has 1 rings (SSSR count). The molecule has 0 unspecified atom stereocenters. The van der Waals surface area contributed by atoms with Crippen molar-refractivity contribution in [1.29, 1.82) is 0 Å². The van der Waals surface area contributed by atoms with E-state index in [1.807, 2.05) is 6.07 Å². The van der Waals surface area contributed by atoms with Crippen molar-refractivity contribution < 1.29 is 5.11 Å². The Kier molecular flexibility index (Phi) is 3.72. The molecule has 0 spiro atoms. The Labute approximate surface area is 86.7 Å². The Morgan fingerprint density at radius 2 is 2.00 bits per heavy atom. The van der Waals surface area contributed by atoms with Crippen molar-refractivity contribution in [3.8, 4) is 0 Å². The molecule has 0 aliphatic heterocycles. The molecule has 0 amide bonds. The molecule has 0 saturated heterocycles.